The monoisotopic (exact) mass is 292 g/mol. The van der Waals surface area contributed by atoms with Gasteiger partial charge < -0.3 is 15.7 Å². The van der Waals surface area contributed by atoms with Crippen LogP contribution in [0.5, 0.6) is 0 Å². The van der Waals surface area contributed by atoms with E-state index in [4.69, 9.17) is 5.11 Å². The first kappa shape index (κ1) is 16.5. The first-order valence-electron chi connectivity index (χ1n) is 6.10. The van der Waals surface area contributed by atoms with Crippen LogP contribution in [0.2, 0.25) is 0 Å². The number of nitrogens with zero attached hydrogens (tertiary/aromatic N) is 2. The zero-order chi connectivity index (χ0) is 15.6. The maximum Gasteiger partial charge on any atom is 0.416 e. The van der Waals surface area contributed by atoms with Crippen molar-refractivity contribution in [2.45, 2.75) is 38.5 Å². The second-order valence-corrected chi connectivity index (χ2v) is 5.40. The topological polar surface area (TPSA) is 70.1 Å². The van der Waals surface area contributed by atoms with E-state index in [-0.39, 0.29) is 11.2 Å². The quantitative estimate of drug-likeness (QED) is 0.793. The van der Waals surface area contributed by atoms with Gasteiger partial charge in [-0.15, -0.1) is 0 Å². The molecular formula is C12H19F3N4O. The molecule has 20 heavy (non-hydrogen) atoms. The Morgan fingerprint density at radius 2 is 1.75 bits per heavy atom. The number of anilines is 2. The fourth-order valence-corrected chi connectivity index (χ4v) is 1.32. The average Bonchev–Trinajstić information content (AvgIpc) is 2.33. The zero-order valence-corrected chi connectivity index (χ0v) is 11.8. The molecule has 0 aliphatic rings. The van der Waals surface area contributed by atoms with Gasteiger partial charge in [-0.05, 0) is 0 Å². The van der Waals surface area contributed by atoms with Gasteiger partial charge >= 0.3 is 6.18 Å². The third-order valence-corrected chi connectivity index (χ3v) is 2.51. The van der Waals surface area contributed by atoms with Crippen molar-refractivity contribution in [1.82, 2.24) is 9.97 Å². The number of rotatable bonds is 4. The molecule has 0 bridgehead atoms. The summed E-state index contributed by atoms with van der Waals surface area (Å²) < 4.78 is 36.7. The fourth-order valence-electron chi connectivity index (χ4n) is 1.32. The molecule has 0 radical (unpaired) electrons. The molecule has 1 unspecified atom stereocenters. The lowest BCUT2D eigenvalue weighted by atomic mass is 9.96. The number of hydrogen-bond acceptors (Lipinski definition) is 5. The first-order valence-corrected chi connectivity index (χ1v) is 6.10. The predicted octanol–water partition coefficient (Wildman–Crippen LogP) is 2.15. The van der Waals surface area contributed by atoms with Crippen molar-refractivity contribution in [2.24, 2.45) is 0 Å². The Kier molecular flexibility index (Phi) is 4.80. The maximum absolute atomic E-state index is 12.2. The molecule has 0 saturated carbocycles. The van der Waals surface area contributed by atoms with Crippen LogP contribution in [0.15, 0.2) is 6.07 Å². The molecule has 0 fully saturated rings. The van der Waals surface area contributed by atoms with Crippen LogP contribution in [0.1, 0.15) is 26.6 Å². The Labute approximate surface area is 115 Å². The lowest BCUT2D eigenvalue weighted by Crippen LogP contribution is -2.35. The lowest BCUT2D eigenvalue weighted by Gasteiger charge is -2.20. The molecule has 0 aliphatic heterocycles. The molecule has 0 spiro atoms. The summed E-state index contributed by atoms with van der Waals surface area (Å²) in [5.74, 6) is 1.22. The average molecular weight is 292 g/mol. The molecule has 1 atom stereocenters. The molecule has 1 heterocycles. The third kappa shape index (κ3) is 4.52. The van der Waals surface area contributed by atoms with Crippen molar-refractivity contribution in [1.29, 1.82) is 0 Å². The van der Waals surface area contributed by atoms with Crippen molar-refractivity contribution in [3.8, 4) is 0 Å². The second-order valence-electron chi connectivity index (χ2n) is 5.40. The molecule has 0 saturated heterocycles. The predicted molar refractivity (Wildman–Crippen MR) is 70.8 cm³/mol. The van der Waals surface area contributed by atoms with E-state index < -0.39 is 18.8 Å². The summed E-state index contributed by atoms with van der Waals surface area (Å²) in [6.45, 7) is 5.04. The Hall–Kier alpha value is -1.57. The molecular weight excluding hydrogens is 273 g/mol. The van der Waals surface area contributed by atoms with E-state index in [9.17, 15) is 13.2 Å². The van der Waals surface area contributed by atoms with Gasteiger partial charge in [-0.1, -0.05) is 20.8 Å². The van der Waals surface area contributed by atoms with Gasteiger partial charge in [-0.25, -0.2) is 9.97 Å². The number of aromatic nitrogens is 2. The van der Waals surface area contributed by atoms with Crippen molar-refractivity contribution >= 4 is 11.6 Å². The summed E-state index contributed by atoms with van der Waals surface area (Å²) >= 11 is 0. The maximum atomic E-state index is 12.2. The Morgan fingerprint density at radius 3 is 2.20 bits per heavy atom. The number of aliphatic hydroxyl groups excluding tert-OH is 1. The van der Waals surface area contributed by atoms with E-state index in [2.05, 4.69) is 20.6 Å². The molecule has 3 N–H and O–H groups in total. The molecule has 1 aromatic heterocycles. The first-order chi connectivity index (χ1) is 9.04. The Morgan fingerprint density at radius 1 is 1.20 bits per heavy atom. The van der Waals surface area contributed by atoms with E-state index >= 15 is 0 Å². The molecule has 114 valence electrons. The van der Waals surface area contributed by atoms with Crippen LogP contribution >= 0.6 is 0 Å². The van der Waals surface area contributed by atoms with Gasteiger partial charge in [0.05, 0.1) is 6.54 Å². The summed E-state index contributed by atoms with van der Waals surface area (Å²) in [4.78, 5) is 8.42. The summed E-state index contributed by atoms with van der Waals surface area (Å²) in [5, 5.41) is 14.3. The van der Waals surface area contributed by atoms with Crippen LogP contribution in [0.3, 0.4) is 0 Å². The molecule has 5 nitrogen and oxygen atoms in total. The summed E-state index contributed by atoms with van der Waals surface area (Å²) in [5.41, 5.74) is -0.341. The smallest absolute Gasteiger partial charge is 0.382 e. The summed E-state index contributed by atoms with van der Waals surface area (Å²) in [6, 6.07) is 1.48. The highest BCUT2D eigenvalue weighted by atomic mass is 19.4. The Bertz CT molecular complexity index is 457. The second kappa shape index (κ2) is 5.82. The fraction of sp³-hybridized carbons (Fsp3) is 0.667. The van der Waals surface area contributed by atoms with Crippen LogP contribution in [-0.2, 0) is 5.41 Å². The SMILES string of the molecule is CNc1cc(NCC(O)C(F)(F)F)nc(C(C)(C)C)n1. The molecule has 1 aromatic rings. The highest BCUT2D eigenvalue weighted by Crippen LogP contribution is 2.23. The van der Waals surface area contributed by atoms with E-state index in [0.29, 0.717) is 11.6 Å². The number of halogens is 3. The normalized spacial score (nSPS) is 14.0. The van der Waals surface area contributed by atoms with Gasteiger partial charge in [0, 0.05) is 18.5 Å². The van der Waals surface area contributed by atoms with Gasteiger partial charge in [-0.3, -0.25) is 0 Å². The minimum atomic E-state index is -4.65. The van der Waals surface area contributed by atoms with Crippen molar-refractivity contribution < 1.29 is 18.3 Å². The van der Waals surface area contributed by atoms with Crippen molar-refractivity contribution in [3.05, 3.63) is 11.9 Å². The summed E-state index contributed by atoms with van der Waals surface area (Å²) in [7, 11) is 1.66. The Balaban J connectivity index is 2.90. The number of nitrogens with one attached hydrogen (secondary N) is 2. The molecule has 1 rings (SSSR count). The van der Waals surface area contributed by atoms with Crippen LogP contribution < -0.4 is 10.6 Å². The third-order valence-electron chi connectivity index (χ3n) is 2.51. The molecule has 0 aliphatic carbocycles. The van der Waals surface area contributed by atoms with Gasteiger partial charge in [0.1, 0.15) is 17.5 Å². The van der Waals surface area contributed by atoms with E-state index in [1.807, 2.05) is 20.8 Å². The number of hydrogen-bond donors (Lipinski definition) is 3. The number of alkyl halides is 3. The van der Waals surface area contributed by atoms with Crippen LogP contribution in [-0.4, -0.2) is 40.9 Å². The van der Waals surface area contributed by atoms with Gasteiger partial charge in [-0.2, -0.15) is 13.2 Å². The minimum absolute atomic E-state index is 0.234. The van der Waals surface area contributed by atoms with E-state index in [1.54, 1.807) is 7.05 Å². The van der Waals surface area contributed by atoms with Gasteiger partial charge in [0.2, 0.25) is 0 Å². The van der Waals surface area contributed by atoms with Crippen LogP contribution in [0.25, 0.3) is 0 Å². The highest BCUT2D eigenvalue weighted by molar-refractivity contribution is 5.47. The highest BCUT2D eigenvalue weighted by Gasteiger charge is 2.37. The molecule has 8 heteroatoms. The van der Waals surface area contributed by atoms with Crippen LogP contribution in [0.4, 0.5) is 24.8 Å². The minimum Gasteiger partial charge on any atom is -0.382 e. The summed E-state index contributed by atoms with van der Waals surface area (Å²) in [6.07, 6.45) is -7.09. The van der Waals surface area contributed by atoms with E-state index in [1.165, 1.54) is 6.07 Å². The van der Waals surface area contributed by atoms with E-state index in [0.717, 1.165) is 0 Å². The van der Waals surface area contributed by atoms with Gasteiger partial charge in [0.25, 0.3) is 0 Å². The molecule has 0 aromatic carbocycles. The van der Waals surface area contributed by atoms with Crippen molar-refractivity contribution in [3.63, 3.8) is 0 Å². The molecule has 0 amide bonds. The largest absolute Gasteiger partial charge is 0.416 e. The van der Waals surface area contributed by atoms with Gasteiger partial charge in [0.15, 0.2) is 6.10 Å². The van der Waals surface area contributed by atoms with Crippen LogP contribution in [0, 0.1) is 0 Å². The van der Waals surface area contributed by atoms with Crippen molar-refractivity contribution in [2.75, 3.05) is 24.2 Å². The standard InChI is InChI=1S/C12H19F3N4O/c1-11(2,3)10-18-8(16-4)5-9(19-10)17-6-7(20)12(13,14)15/h5,7,20H,6H2,1-4H3,(H2,16,17,18,19). The number of aliphatic hydroxyl groups is 1. The lowest BCUT2D eigenvalue weighted by molar-refractivity contribution is -0.198. The zero-order valence-electron chi connectivity index (χ0n) is 11.8.